The first-order valence-corrected chi connectivity index (χ1v) is 8.22. The molecule has 134 valence electrons. The van der Waals surface area contributed by atoms with Gasteiger partial charge in [0.25, 0.3) is 0 Å². The molecule has 1 aromatic carbocycles. The third-order valence-electron chi connectivity index (χ3n) is 3.74. The molecule has 0 aliphatic rings. The second-order valence-corrected chi connectivity index (χ2v) is 6.54. The second-order valence-electron chi connectivity index (χ2n) is 6.54. The molecule has 0 saturated heterocycles. The molecule has 0 heterocycles. The number of carbonyl (C=O) groups is 2. The van der Waals surface area contributed by atoms with Crippen molar-refractivity contribution in [3.8, 4) is 0 Å². The SMILES string of the molecule is COCCOOC(=O)C(CC(C)C)C(=O)c1c(C)cc(C)cc1C. The number of aryl methyl sites for hydroxylation is 3. The molecule has 0 aromatic heterocycles. The molecule has 0 aliphatic heterocycles. The molecule has 1 aromatic rings. The van der Waals surface area contributed by atoms with E-state index >= 15 is 0 Å². The van der Waals surface area contributed by atoms with Crippen LogP contribution in [0.5, 0.6) is 0 Å². The van der Waals surface area contributed by atoms with Crippen molar-refractivity contribution in [1.29, 1.82) is 0 Å². The number of ether oxygens (including phenoxy) is 1. The highest BCUT2D eigenvalue weighted by Gasteiger charge is 2.32. The van der Waals surface area contributed by atoms with Crippen molar-refractivity contribution in [1.82, 2.24) is 0 Å². The Hall–Kier alpha value is -1.72. The Labute approximate surface area is 144 Å². The van der Waals surface area contributed by atoms with Gasteiger partial charge in [-0.25, -0.2) is 4.79 Å². The van der Waals surface area contributed by atoms with Crippen molar-refractivity contribution in [3.05, 3.63) is 34.4 Å². The number of carbonyl (C=O) groups excluding carboxylic acids is 2. The first-order chi connectivity index (χ1) is 11.3. The lowest BCUT2D eigenvalue weighted by Gasteiger charge is -2.18. The van der Waals surface area contributed by atoms with Crippen LogP contribution in [-0.2, 0) is 19.3 Å². The maximum absolute atomic E-state index is 13.0. The van der Waals surface area contributed by atoms with Gasteiger partial charge < -0.3 is 4.74 Å². The maximum Gasteiger partial charge on any atom is 0.353 e. The third kappa shape index (κ3) is 5.73. The number of rotatable bonds is 9. The highest BCUT2D eigenvalue weighted by molar-refractivity contribution is 6.10. The Balaban J connectivity index is 2.99. The van der Waals surface area contributed by atoms with Crippen LogP contribution in [0.3, 0.4) is 0 Å². The van der Waals surface area contributed by atoms with E-state index < -0.39 is 11.9 Å². The van der Waals surface area contributed by atoms with Crippen LogP contribution in [-0.4, -0.2) is 32.1 Å². The number of hydrogen-bond acceptors (Lipinski definition) is 5. The molecule has 0 amide bonds. The summed E-state index contributed by atoms with van der Waals surface area (Å²) < 4.78 is 4.82. The molecule has 0 aliphatic carbocycles. The fourth-order valence-corrected chi connectivity index (χ4v) is 2.80. The molecule has 0 fully saturated rings. The average Bonchev–Trinajstić information content (AvgIpc) is 2.47. The van der Waals surface area contributed by atoms with Crippen molar-refractivity contribution in [2.24, 2.45) is 11.8 Å². The molecule has 0 bridgehead atoms. The monoisotopic (exact) mass is 336 g/mol. The summed E-state index contributed by atoms with van der Waals surface area (Å²) in [6.45, 7) is 10.1. The molecule has 0 spiro atoms. The van der Waals surface area contributed by atoms with Crippen molar-refractivity contribution in [3.63, 3.8) is 0 Å². The topological polar surface area (TPSA) is 61.8 Å². The lowest BCUT2D eigenvalue weighted by molar-refractivity contribution is -0.278. The fourth-order valence-electron chi connectivity index (χ4n) is 2.80. The zero-order chi connectivity index (χ0) is 18.3. The number of Topliss-reactive ketones (excluding diaryl/α,β-unsaturated/α-hetero) is 1. The normalized spacial score (nSPS) is 12.3. The smallest absolute Gasteiger partial charge is 0.353 e. The minimum atomic E-state index is -0.868. The number of ketones is 1. The molecule has 5 nitrogen and oxygen atoms in total. The number of hydrogen-bond donors (Lipinski definition) is 0. The Morgan fingerprint density at radius 2 is 1.62 bits per heavy atom. The van der Waals surface area contributed by atoms with Crippen LogP contribution in [0.2, 0.25) is 0 Å². The van der Waals surface area contributed by atoms with Crippen LogP contribution >= 0.6 is 0 Å². The summed E-state index contributed by atoms with van der Waals surface area (Å²) in [7, 11) is 1.53. The lowest BCUT2D eigenvalue weighted by atomic mass is 9.86. The Morgan fingerprint density at radius 3 is 2.12 bits per heavy atom. The first-order valence-electron chi connectivity index (χ1n) is 8.22. The molecular weight excluding hydrogens is 308 g/mol. The molecule has 1 rings (SSSR count). The molecular formula is C19H28O5. The Morgan fingerprint density at radius 1 is 1.04 bits per heavy atom. The van der Waals surface area contributed by atoms with Gasteiger partial charge >= 0.3 is 5.97 Å². The number of methoxy groups -OCH3 is 1. The standard InChI is InChI=1S/C19H28O5/c1-12(2)9-16(19(21)24-23-8-7-22-6)18(20)17-14(4)10-13(3)11-15(17)5/h10-12,16H,7-9H2,1-6H3. The van der Waals surface area contributed by atoms with Gasteiger partial charge in [0.2, 0.25) is 0 Å². The molecule has 0 saturated carbocycles. The van der Waals surface area contributed by atoms with Gasteiger partial charge in [-0.05, 0) is 44.2 Å². The van der Waals surface area contributed by atoms with E-state index in [1.165, 1.54) is 7.11 Å². The molecule has 24 heavy (non-hydrogen) atoms. The van der Waals surface area contributed by atoms with Crippen LogP contribution < -0.4 is 0 Å². The summed E-state index contributed by atoms with van der Waals surface area (Å²) in [4.78, 5) is 35.0. The quantitative estimate of drug-likeness (QED) is 0.227. The minimum absolute atomic E-state index is 0.132. The highest BCUT2D eigenvalue weighted by atomic mass is 17.2. The molecule has 5 heteroatoms. The predicted molar refractivity (Wildman–Crippen MR) is 91.8 cm³/mol. The summed E-state index contributed by atoms with van der Waals surface area (Å²) in [6.07, 6.45) is 0.415. The van der Waals surface area contributed by atoms with E-state index in [-0.39, 0.29) is 18.3 Å². The van der Waals surface area contributed by atoms with E-state index in [1.54, 1.807) is 0 Å². The van der Waals surface area contributed by atoms with Gasteiger partial charge in [-0.2, -0.15) is 4.89 Å². The van der Waals surface area contributed by atoms with E-state index in [0.717, 1.165) is 16.7 Å². The van der Waals surface area contributed by atoms with Gasteiger partial charge in [0.1, 0.15) is 12.5 Å². The van der Waals surface area contributed by atoms with E-state index in [4.69, 9.17) is 14.5 Å². The van der Waals surface area contributed by atoms with Gasteiger partial charge in [-0.3, -0.25) is 9.68 Å². The maximum atomic E-state index is 13.0. The molecule has 1 unspecified atom stereocenters. The summed E-state index contributed by atoms with van der Waals surface area (Å²) in [6, 6.07) is 3.90. The highest BCUT2D eigenvalue weighted by Crippen LogP contribution is 2.24. The van der Waals surface area contributed by atoms with Crippen molar-refractivity contribution < 1.29 is 24.1 Å². The van der Waals surface area contributed by atoms with Crippen LogP contribution in [0.25, 0.3) is 0 Å². The first kappa shape index (κ1) is 20.3. The summed E-state index contributed by atoms with van der Waals surface area (Å²) in [5, 5.41) is 0. The van der Waals surface area contributed by atoms with E-state index in [1.807, 2.05) is 46.8 Å². The van der Waals surface area contributed by atoms with Crippen molar-refractivity contribution >= 4 is 11.8 Å². The van der Waals surface area contributed by atoms with Crippen molar-refractivity contribution in [2.75, 3.05) is 20.3 Å². The van der Waals surface area contributed by atoms with Gasteiger partial charge in [-0.15, -0.1) is 0 Å². The lowest BCUT2D eigenvalue weighted by Crippen LogP contribution is -2.29. The fraction of sp³-hybridized carbons (Fsp3) is 0.579. The summed E-state index contributed by atoms with van der Waals surface area (Å²) in [5.41, 5.74) is 3.44. The van der Waals surface area contributed by atoms with Crippen molar-refractivity contribution in [2.45, 2.75) is 41.0 Å². The largest absolute Gasteiger partial charge is 0.382 e. The van der Waals surface area contributed by atoms with E-state index in [0.29, 0.717) is 18.6 Å². The summed E-state index contributed by atoms with van der Waals surface area (Å²) >= 11 is 0. The Bertz CT molecular complexity index is 554. The van der Waals surface area contributed by atoms with Gasteiger partial charge in [-0.1, -0.05) is 31.5 Å². The predicted octanol–water partition coefficient (Wildman–Crippen LogP) is 3.58. The second kappa shape index (κ2) is 9.55. The van der Waals surface area contributed by atoms with Crippen LogP contribution in [0.15, 0.2) is 12.1 Å². The zero-order valence-corrected chi connectivity index (χ0v) is 15.5. The Kier molecular flexibility index (Phi) is 8.08. The molecule has 1 atom stereocenters. The van der Waals surface area contributed by atoms with Crippen LogP contribution in [0, 0.1) is 32.6 Å². The van der Waals surface area contributed by atoms with E-state index in [2.05, 4.69) is 0 Å². The third-order valence-corrected chi connectivity index (χ3v) is 3.74. The molecule has 0 radical (unpaired) electrons. The minimum Gasteiger partial charge on any atom is -0.382 e. The van der Waals surface area contributed by atoms with Gasteiger partial charge in [0, 0.05) is 12.7 Å². The van der Waals surface area contributed by atoms with E-state index in [9.17, 15) is 9.59 Å². The van der Waals surface area contributed by atoms with Crippen LogP contribution in [0.4, 0.5) is 0 Å². The zero-order valence-electron chi connectivity index (χ0n) is 15.5. The molecule has 0 N–H and O–H groups in total. The van der Waals surface area contributed by atoms with Gasteiger partial charge in [0.15, 0.2) is 5.78 Å². The van der Waals surface area contributed by atoms with Gasteiger partial charge in [0.05, 0.1) is 6.61 Å². The van der Waals surface area contributed by atoms with Crippen LogP contribution in [0.1, 0.15) is 47.3 Å². The average molecular weight is 336 g/mol. The summed E-state index contributed by atoms with van der Waals surface area (Å²) in [5.74, 6) is -1.55. The number of benzene rings is 1.